The Kier molecular flexibility index (Phi) is 4.82. The summed E-state index contributed by atoms with van der Waals surface area (Å²) in [5.41, 5.74) is 6.99. The van der Waals surface area contributed by atoms with E-state index in [1.165, 1.54) is 0 Å². The largest absolute Gasteiger partial charge is 0.440 e. The van der Waals surface area contributed by atoms with E-state index in [4.69, 9.17) is 4.42 Å². The molecule has 29 heavy (non-hydrogen) atoms. The summed E-state index contributed by atoms with van der Waals surface area (Å²) in [4.78, 5) is 21.6. The number of aryl methyl sites for hydroxylation is 3. The van der Waals surface area contributed by atoms with Crippen molar-refractivity contribution < 1.29 is 9.21 Å². The van der Waals surface area contributed by atoms with Crippen LogP contribution in [-0.4, -0.2) is 25.5 Å². The van der Waals surface area contributed by atoms with Gasteiger partial charge >= 0.3 is 0 Å². The minimum absolute atomic E-state index is 0.0486. The Labute approximate surface area is 169 Å². The molecule has 3 aromatic heterocycles. The number of rotatable bonds is 5. The monoisotopic (exact) mass is 391 g/mol. The molecule has 0 saturated heterocycles. The molecule has 0 unspecified atom stereocenters. The Morgan fingerprint density at radius 1 is 1.17 bits per heavy atom. The number of amides is 1. The number of aromatic nitrogens is 4. The number of nitrogens with zero attached hydrogens (tertiary/aromatic N) is 4. The zero-order valence-electron chi connectivity index (χ0n) is 17.4. The zero-order chi connectivity index (χ0) is 20.7. The molecule has 150 valence electrons. The van der Waals surface area contributed by atoms with Gasteiger partial charge in [0.2, 0.25) is 5.91 Å². The van der Waals surface area contributed by atoms with E-state index in [-0.39, 0.29) is 11.8 Å². The lowest BCUT2D eigenvalue weighted by atomic mass is 10.1. The Morgan fingerprint density at radius 2 is 1.97 bits per heavy atom. The molecule has 1 aromatic carbocycles. The van der Waals surface area contributed by atoms with E-state index < -0.39 is 0 Å². The highest BCUT2D eigenvalue weighted by Gasteiger charge is 2.14. The highest BCUT2D eigenvalue weighted by Crippen LogP contribution is 2.24. The first kappa shape index (κ1) is 19.1. The predicted octanol–water partition coefficient (Wildman–Crippen LogP) is 4.49. The summed E-state index contributed by atoms with van der Waals surface area (Å²) < 4.78 is 7.57. The van der Waals surface area contributed by atoms with E-state index in [0.29, 0.717) is 18.7 Å². The number of hydrogen-bond donors (Lipinski definition) is 1. The van der Waals surface area contributed by atoms with Crippen LogP contribution in [0, 0.1) is 20.8 Å². The predicted molar refractivity (Wildman–Crippen MR) is 112 cm³/mol. The van der Waals surface area contributed by atoms with Crippen molar-refractivity contribution in [2.75, 3.05) is 5.32 Å². The summed E-state index contributed by atoms with van der Waals surface area (Å²) in [7, 11) is 0. The number of carbonyl (C=O) groups excluding carboxylic acids is 1. The molecule has 4 aromatic rings. The van der Waals surface area contributed by atoms with Crippen LogP contribution in [0.5, 0.6) is 0 Å². The van der Waals surface area contributed by atoms with Gasteiger partial charge in [-0.25, -0.2) is 14.5 Å². The lowest BCUT2D eigenvalue weighted by molar-refractivity contribution is -0.116. The van der Waals surface area contributed by atoms with Crippen molar-refractivity contribution in [2.45, 2.75) is 53.4 Å². The second-order valence-electron chi connectivity index (χ2n) is 7.75. The summed E-state index contributed by atoms with van der Waals surface area (Å²) in [5.74, 6) is 0.870. The molecule has 0 aliphatic rings. The summed E-state index contributed by atoms with van der Waals surface area (Å²) in [6, 6.07) is 7.49. The van der Waals surface area contributed by atoms with Gasteiger partial charge in [0.05, 0.1) is 5.69 Å². The van der Waals surface area contributed by atoms with Gasteiger partial charge in [0.1, 0.15) is 5.52 Å². The van der Waals surface area contributed by atoms with Gasteiger partial charge in [0, 0.05) is 35.5 Å². The van der Waals surface area contributed by atoms with Crippen LogP contribution in [0.1, 0.15) is 54.7 Å². The van der Waals surface area contributed by atoms with Crippen LogP contribution in [0.4, 0.5) is 5.69 Å². The Hall–Kier alpha value is -3.22. The van der Waals surface area contributed by atoms with E-state index >= 15 is 0 Å². The molecule has 1 N–H and O–H groups in total. The molecule has 3 heterocycles. The van der Waals surface area contributed by atoms with Gasteiger partial charge in [-0.15, -0.1) is 0 Å². The van der Waals surface area contributed by atoms with Gasteiger partial charge in [-0.2, -0.15) is 5.10 Å². The average Bonchev–Trinajstić information content (AvgIpc) is 3.24. The second kappa shape index (κ2) is 7.31. The summed E-state index contributed by atoms with van der Waals surface area (Å²) in [6.07, 6.45) is 0.970. The van der Waals surface area contributed by atoms with Gasteiger partial charge in [-0.05, 0) is 51.0 Å². The van der Waals surface area contributed by atoms with Crippen molar-refractivity contribution in [3.63, 3.8) is 0 Å². The number of benzene rings is 1. The lowest BCUT2D eigenvalue weighted by Gasteiger charge is -2.11. The zero-order valence-corrected chi connectivity index (χ0v) is 17.4. The van der Waals surface area contributed by atoms with Crippen molar-refractivity contribution in [3.05, 3.63) is 52.8 Å². The van der Waals surface area contributed by atoms with Crippen LogP contribution in [0.15, 0.2) is 28.7 Å². The third-order valence-corrected chi connectivity index (χ3v) is 5.07. The molecular formula is C22H25N5O2. The van der Waals surface area contributed by atoms with Gasteiger partial charge in [-0.3, -0.25) is 4.79 Å². The molecule has 0 radical (unpaired) electrons. The van der Waals surface area contributed by atoms with E-state index in [0.717, 1.165) is 45.1 Å². The Morgan fingerprint density at radius 3 is 2.72 bits per heavy atom. The molecule has 0 bridgehead atoms. The van der Waals surface area contributed by atoms with E-state index in [9.17, 15) is 4.79 Å². The number of fused-ring (bicyclic) bond motifs is 2. The van der Waals surface area contributed by atoms with Crippen molar-refractivity contribution >= 4 is 28.3 Å². The first-order valence-electron chi connectivity index (χ1n) is 9.84. The minimum Gasteiger partial charge on any atom is -0.440 e. The molecule has 0 aliphatic heterocycles. The molecule has 7 nitrogen and oxygen atoms in total. The normalized spacial score (nSPS) is 11.7. The number of anilines is 1. The van der Waals surface area contributed by atoms with Gasteiger partial charge in [-0.1, -0.05) is 13.8 Å². The molecule has 0 fully saturated rings. The van der Waals surface area contributed by atoms with Crippen LogP contribution in [-0.2, 0) is 11.2 Å². The van der Waals surface area contributed by atoms with Crippen molar-refractivity contribution in [1.29, 1.82) is 0 Å². The molecule has 1 amide bonds. The van der Waals surface area contributed by atoms with Gasteiger partial charge < -0.3 is 9.73 Å². The van der Waals surface area contributed by atoms with E-state index in [1.54, 1.807) is 0 Å². The fourth-order valence-electron chi connectivity index (χ4n) is 3.53. The molecule has 4 rings (SSSR count). The van der Waals surface area contributed by atoms with Crippen molar-refractivity contribution in [1.82, 2.24) is 19.6 Å². The second-order valence-corrected chi connectivity index (χ2v) is 7.75. The average molecular weight is 391 g/mol. The molecule has 0 saturated carbocycles. The maximum absolute atomic E-state index is 12.5. The molecule has 0 aliphatic carbocycles. The number of hydrogen-bond acceptors (Lipinski definition) is 5. The quantitative estimate of drug-likeness (QED) is 0.542. The summed E-state index contributed by atoms with van der Waals surface area (Å²) >= 11 is 0. The third kappa shape index (κ3) is 3.72. The van der Waals surface area contributed by atoms with Gasteiger partial charge in [0.25, 0.3) is 0 Å². The maximum Gasteiger partial charge on any atom is 0.224 e. The number of carbonyl (C=O) groups is 1. The fraction of sp³-hybridized carbons (Fsp3) is 0.364. The molecule has 0 spiro atoms. The first-order chi connectivity index (χ1) is 13.8. The molecule has 7 heteroatoms. The highest BCUT2D eigenvalue weighted by molar-refractivity contribution is 5.92. The van der Waals surface area contributed by atoms with Crippen LogP contribution in [0.3, 0.4) is 0 Å². The Bertz CT molecular complexity index is 1220. The number of oxazole rings is 1. The number of nitrogens with one attached hydrogen (secondary N) is 1. The van der Waals surface area contributed by atoms with Gasteiger partial charge in [0.15, 0.2) is 17.1 Å². The SMILES string of the molecule is Cc1cc2nc(C)c(CCC(=O)Nc3ccc4oc(C(C)C)nc4c3)c(C)n2n1. The third-order valence-electron chi connectivity index (χ3n) is 5.07. The molecular weight excluding hydrogens is 366 g/mol. The maximum atomic E-state index is 12.5. The highest BCUT2D eigenvalue weighted by atomic mass is 16.3. The van der Waals surface area contributed by atoms with Crippen LogP contribution in [0.2, 0.25) is 0 Å². The molecule has 0 atom stereocenters. The van der Waals surface area contributed by atoms with Crippen molar-refractivity contribution in [3.8, 4) is 0 Å². The summed E-state index contributed by atoms with van der Waals surface area (Å²) in [5, 5.41) is 7.45. The fourth-order valence-corrected chi connectivity index (χ4v) is 3.53. The first-order valence-corrected chi connectivity index (χ1v) is 9.84. The lowest BCUT2D eigenvalue weighted by Crippen LogP contribution is -2.14. The smallest absolute Gasteiger partial charge is 0.224 e. The van der Waals surface area contributed by atoms with Crippen LogP contribution >= 0.6 is 0 Å². The van der Waals surface area contributed by atoms with Crippen LogP contribution < -0.4 is 5.32 Å². The van der Waals surface area contributed by atoms with Crippen molar-refractivity contribution in [2.24, 2.45) is 0 Å². The van der Waals surface area contributed by atoms with E-state index in [2.05, 4.69) is 20.4 Å². The Balaban J connectivity index is 1.48. The summed E-state index contributed by atoms with van der Waals surface area (Å²) in [6.45, 7) is 10.0. The van der Waals surface area contributed by atoms with E-state index in [1.807, 2.05) is 63.4 Å². The standard InChI is InChI=1S/C22H25N5O2/c1-12(2)22-25-18-11-16(6-8-19(18)29-22)24-21(28)9-7-17-14(4)23-20-10-13(3)26-27(20)15(17)5/h6,8,10-12H,7,9H2,1-5H3,(H,24,28). The topological polar surface area (TPSA) is 85.3 Å². The minimum atomic E-state index is -0.0486. The van der Waals surface area contributed by atoms with Crippen LogP contribution in [0.25, 0.3) is 16.7 Å².